The Balaban J connectivity index is 1.54. The lowest BCUT2D eigenvalue weighted by Crippen LogP contribution is -2.49. The minimum atomic E-state index is -1.67. The van der Waals surface area contributed by atoms with E-state index in [1.807, 2.05) is 0 Å². The largest absolute Gasteiger partial charge is 0.449 e. The van der Waals surface area contributed by atoms with Crippen LogP contribution < -0.4 is 0 Å². The summed E-state index contributed by atoms with van der Waals surface area (Å²) >= 11 is 0. The van der Waals surface area contributed by atoms with Gasteiger partial charge in [-0.15, -0.1) is 0 Å². The molecule has 4 atom stereocenters. The summed E-state index contributed by atoms with van der Waals surface area (Å²) in [5, 5.41) is 3.53. The summed E-state index contributed by atoms with van der Waals surface area (Å²) < 4.78 is 7.04. The van der Waals surface area contributed by atoms with Gasteiger partial charge in [0.2, 0.25) is 16.6 Å². The zero-order valence-corrected chi connectivity index (χ0v) is 16.1. The highest BCUT2D eigenvalue weighted by Gasteiger charge is 2.48. The minimum absolute atomic E-state index is 0.885. The van der Waals surface area contributed by atoms with E-state index in [4.69, 9.17) is 4.12 Å². The molecule has 0 aromatic carbocycles. The lowest BCUT2D eigenvalue weighted by molar-refractivity contribution is 0.530. The lowest BCUT2D eigenvalue weighted by Gasteiger charge is -2.39. The van der Waals surface area contributed by atoms with Crippen LogP contribution in [0.3, 0.4) is 0 Å². The molecule has 0 aromatic heterocycles. The van der Waals surface area contributed by atoms with Crippen LogP contribution in [0.4, 0.5) is 0 Å². The Labute approximate surface area is 132 Å². The number of hydrogen-bond acceptors (Lipinski definition) is 1. The summed E-state index contributed by atoms with van der Waals surface area (Å²) in [5.74, 6) is 3.56. The SMILES string of the molecule is C[Si](C)(O[Si](C)(C)C1=CC2CCC1C2)C1=CC2CCC1C2. The van der Waals surface area contributed by atoms with Crippen molar-refractivity contribution in [2.45, 2.75) is 64.7 Å². The van der Waals surface area contributed by atoms with Gasteiger partial charge in [0.1, 0.15) is 0 Å². The molecular formula is C18H30OSi2. The first kappa shape index (κ1) is 14.5. The van der Waals surface area contributed by atoms with Gasteiger partial charge in [0.05, 0.1) is 0 Å². The van der Waals surface area contributed by atoms with Crippen LogP contribution in [-0.4, -0.2) is 16.6 Å². The van der Waals surface area contributed by atoms with Crippen molar-refractivity contribution in [3.63, 3.8) is 0 Å². The molecule has 0 radical (unpaired) electrons. The predicted molar refractivity (Wildman–Crippen MR) is 93.9 cm³/mol. The van der Waals surface area contributed by atoms with Crippen LogP contribution in [-0.2, 0) is 4.12 Å². The van der Waals surface area contributed by atoms with Crippen molar-refractivity contribution in [1.82, 2.24) is 0 Å². The number of rotatable bonds is 4. The molecule has 0 heterocycles. The molecule has 21 heavy (non-hydrogen) atoms. The molecule has 2 saturated carbocycles. The molecule has 116 valence electrons. The van der Waals surface area contributed by atoms with Crippen LogP contribution >= 0.6 is 0 Å². The van der Waals surface area contributed by atoms with E-state index >= 15 is 0 Å². The Morgan fingerprint density at radius 3 is 1.48 bits per heavy atom. The van der Waals surface area contributed by atoms with Crippen LogP contribution in [0.15, 0.2) is 22.5 Å². The molecule has 4 aliphatic carbocycles. The van der Waals surface area contributed by atoms with Crippen molar-refractivity contribution in [2.75, 3.05) is 0 Å². The van der Waals surface area contributed by atoms with Gasteiger partial charge in [-0.2, -0.15) is 0 Å². The molecule has 0 aliphatic heterocycles. The second-order valence-corrected chi connectivity index (χ2v) is 16.9. The summed E-state index contributed by atoms with van der Waals surface area (Å²) in [7, 11) is -3.34. The first-order valence-corrected chi connectivity index (χ1v) is 14.8. The Morgan fingerprint density at radius 2 is 1.19 bits per heavy atom. The van der Waals surface area contributed by atoms with E-state index in [0.29, 0.717) is 0 Å². The summed E-state index contributed by atoms with van der Waals surface area (Å²) in [6, 6.07) is 0. The molecule has 4 bridgehead atoms. The van der Waals surface area contributed by atoms with Gasteiger partial charge in [-0.1, -0.05) is 22.5 Å². The standard InChI is InChI=1S/C18H30OSi2/c1-20(2,17-11-13-5-7-15(17)9-13)19-21(3,4)18-12-14-6-8-16(18)10-14/h11-16H,5-10H2,1-4H3. The van der Waals surface area contributed by atoms with Crippen LogP contribution in [0.5, 0.6) is 0 Å². The minimum Gasteiger partial charge on any atom is -0.449 e. The first-order chi connectivity index (χ1) is 9.85. The monoisotopic (exact) mass is 318 g/mol. The molecule has 1 nitrogen and oxygen atoms in total. The van der Waals surface area contributed by atoms with Gasteiger partial charge in [-0.25, -0.2) is 0 Å². The fourth-order valence-corrected chi connectivity index (χ4v) is 15.6. The molecule has 0 aromatic rings. The van der Waals surface area contributed by atoms with E-state index < -0.39 is 16.6 Å². The van der Waals surface area contributed by atoms with Crippen LogP contribution in [0.25, 0.3) is 0 Å². The second-order valence-electron chi connectivity index (χ2n) is 8.91. The van der Waals surface area contributed by atoms with E-state index in [2.05, 4.69) is 38.3 Å². The Kier molecular flexibility index (Phi) is 3.23. The third-order valence-electron chi connectivity index (χ3n) is 6.56. The summed E-state index contributed by atoms with van der Waals surface area (Å²) in [4.78, 5) is 0. The van der Waals surface area contributed by atoms with Crippen molar-refractivity contribution in [3.05, 3.63) is 22.5 Å². The predicted octanol–water partition coefficient (Wildman–Crippen LogP) is 5.20. The Morgan fingerprint density at radius 1 is 0.762 bits per heavy atom. The lowest BCUT2D eigenvalue weighted by atomic mass is 10.1. The number of allylic oxidation sites excluding steroid dienone is 4. The van der Waals surface area contributed by atoms with E-state index in [0.717, 1.165) is 23.7 Å². The molecule has 2 fully saturated rings. The van der Waals surface area contributed by atoms with Crippen molar-refractivity contribution in [2.24, 2.45) is 23.7 Å². The van der Waals surface area contributed by atoms with E-state index in [1.54, 1.807) is 10.4 Å². The van der Waals surface area contributed by atoms with Gasteiger partial charge in [0.15, 0.2) is 0 Å². The molecule has 0 saturated heterocycles. The van der Waals surface area contributed by atoms with E-state index in [9.17, 15) is 0 Å². The number of fused-ring (bicyclic) bond motifs is 4. The van der Waals surface area contributed by atoms with Gasteiger partial charge >= 0.3 is 0 Å². The smallest absolute Gasteiger partial charge is 0.202 e. The first-order valence-electron chi connectivity index (χ1n) is 9.00. The van der Waals surface area contributed by atoms with E-state index in [1.165, 1.54) is 38.5 Å². The Bertz CT molecular complexity index is 471. The van der Waals surface area contributed by atoms with E-state index in [-0.39, 0.29) is 0 Å². The molecule has 4 aliphatic rings. The molecule has 3 heteroatoms. The molecule has 4 unspecified atom stereocenters. The highest BCUT2D eigenvalue weighted by Crippen LogP contribution is 2.50. The second kappa shape index (κ2) is 4.68. The van der Waals surface area contributed by atoms with Crippen LogP contribution in [0.2, 0.25) is 26.2 Å². The zero-order chi connectivity index (χ0) is 14.8. The Hall–Kier alpha value is -0.126. The van der Waals surface area contributed by atoms with Gasteiger partial charge in [-0.3, -0.25) is 0 Å². The molecule has 4 rings (SSSR count). The molecule has 0 spiro atoms. The average molecular weight is 319 g/mol. The summed E-state index contributed by atoms with van der Waals surface area (Å²) in [5.41, 5.74) is 0. The maximum absolute atomic E-state index is 7.04. The van der Waals surface area contributed by atoms with Crippen LogP contribution in [0, 0.1) is 23.7 Å². The fraction of sp³-hybridized carbons (Fsp3) is 0.778. The average Bonchev–Trinajstić information content (AvgIpc) is 3.17. The topological polar surface area (TPSA) is 9.23 Å². The van der Waals surface area contributed by atoms with Crippen molar-refractivity contribution < 1.29 is 4.12 Å². The molecule has 0 N–H and O–H groups in total. The quantitative estimate of drug-likeness (QED) is 0.647. The summed E-state index contributed by atoms with van der Waals surface area (Å²) in [6.07, 6.45) is 13.9. The van der Waals surface area contributed by atoms with Crippen molar-refractivity contribution in [1.29, 1.82) is 0 Å². The maximum Gasteiger partial charge on any atom is 0.202 e. The van der Waals surface area contributed by atoms with Gasteiger partial charge in [-0.05, 0) is 88.4 Å². The highest BCUT2D eigenvalue weighted by molar-refractivity contribution is 6.91. The van der Waals surface area contributed by atoms with Crippen molar-refractivity contribution in [3.8, 4) is 0 Å². The number of hydrogen-bond donors (Lipinski definition) is 0. The van der Waals surface area contributed by atoms with Crippen LogP contribution in [0.1, 0.15) is 38.5 Å². The zero-order valence-electron chi connectivity index (χ0n) is 14.1. The third-order valence-corrected chi connectivity index (χ3v) is 14.6. The van der Waals surface area contributed by atoms with Crippen molar-refractivity contribution >= 4 is 16.6 Å². The third kappa shape index (κ3) is 2.36. The molecular weight excluding hydrogens is 288 g/mol. The highest BCUT2D eigenvalue weighted by atomic mass is 28.4. The van der Waals surface area contributed by atoms with Gasteiger partial charge in [0.25, 0.3) is 0 Å². The van der Waals surface area contributed by atoms with Gasteiger partial charge < -0.3 is 4.12 Å². The normalized spacial score (nSPS) is 38.1. The molecule has 0 amide bonds. The summed E-state index contributed by atoms with van der Waals surface area (Å²) in [6.45, 7) is 9.90. The maximum atomic E-state index is 7.04. The fourth-order valence-electron chi connectivity index (χ4n) is 5.82. The van der Waals surface area contributed by atoms with Gasteiger partial charge in [0, 0.05) is 0 Å².